The zero-order valence-corrected chi connectivity index (χ0v) is 16.1. The fourth-order valence-electron chi connectivity index (χ4n) is 3.03. The number of benzene rings is 2. The number of urea groups is 1. The molecule has 1 saturated heterocycles. The second-order valence-corrected chi connectivity index (χ2v) is 7.20. The number of carbonyl (C=O) groups is 1. The molecule has 0 bridgehead atoms. The lowest BCUT2D eigenvalue weighted by Gasteiger charge is -2.26. The maximum atomic E-state index is 12.9. The van der Waals surface area contributed by atoms with Gasteiger partial charge in [0.1, 0.15) is 16.9 Å². The van der Waals surface area contributed by atoms with E-state index in [1.54, 1.807) is 26.0 Å². The molecule has 1 aliphatic heterocycles. The van der Waals surface area contributed by atoms with Gasteiger partial charge in [0.2, 0.25) is 0 Å². The minimum absolute atomic E-state index is 0.0990. The highest BCUT2D eigenvalue weighted by Gasteiger charge is 2.33. The van der Waals surface area contributed by atoms with Gasteiger partial charge in [-0.2, -0.15) is 0 Å². The van der Waals surface area contributed by atoms with Crippen LogP contribution in [-0.2, 0) is 6.42 Å². The van der Waals surface area contributed by atoms with Crippen molar-refractivity contribution in [2.75, 3.05) is 31.8 Å². The number of anilines is 1. The van der Waals surface area contributed by atoms with Gasteiger partial charge in [-0.1, -0.05) is 19.1 Å². The van der Waals surface area contributed by atoms with E-state index >= 15 is 0 Å². The van der Waals surface area contributed by atoms with Crippen LogP contribution in [0.2, 0.25) is 0 Å². The van der Waals surface area contributed by atoms with Gasteiger partial charge in [-0.05, 0) is 42.3 Å². The molecule has 2 amide bonds. The van der Waals surface area contributed by atoms with Crippen molar-refractivity contribution < 1.29 is 14.3 Å². The number of nitrogens with one attached hydrogen (secondary N) is 1. The van der Waals surface area contributed by atoms with Gasteiger partial charge < -0.3 is 19.7 Å². The van der Waals surface area contributed by atoms with Gasteiger partial charge in [0.15, 0.2) is 0 Å². The molecule has 1 N–H and O–H groups in total. The van der Waals surface area contributed by atoms with Crippen LogP contribution in [0.25, 0.3) is 0 Å². The number of rotatable bonds is 5. The predicted octanol–water partition coefficient (Wildman–Crippen LogP) is 4.55. The molecule has 1 unspecified atom stereocenters. The Hall–Kier alpha value is -2.34. The van der Waals surface area contributed by atoms with Crippen molar-refractivity contribution in [2.24, 2.45) is 0 Å². The van der Waals surface area contributed by atoms with E-state index in [1.165, 1.54) is 5.56 Å². The number of methoxy groups -OCH3 is 2. The minimum Gasteiger partial charge on any atom is -0.497 e. The number of nitrogens with zero attached hydrogens (tertiary/aromatic N) is 1. The first kappa shape index (κ1) is 18.5. The highest BCUT2D eigenvalue weighted by atomic mass is 32.2. The first-order valence-electron chi connectivity index (χ1n) is 8.66. The summed E-state index contributed by atoms with van der Waals surface area (Å²) < 4.78 is 10.9. The maximum absolute atomic E-state index is 12.9. The van der Waals surface area contributed by atoms with Crippen LogP contribution >= 0.6 is 11.8 Å². The van der Waals surface area contributed by atoms with Crippen LogP contribution in [0.3, 0.4) is 0 Å². The van der Waals surface area contributed by atoms with Crippen LogP contribution < -0.4 is 14.8 Å². The van der Waals surface area contributed by atoms with E-state index in [4.69, 9.17) is 9.47 Å². The number of hydrogen-bond acceptors (Lipinski definition) is 4. The molecule has 26 heavy (non-hydrogen) atoms. The Morgan fingerprint density at radius 2 is 2.08 bits per heavy atom. The second-order valence-electron chi connectivity index (χ2n) is 6.01. The largest absolute Gasteiger partial charge is 0.497 e. The summed E-state index contributed by atoms with van der Waals surface area (Å²) in [6.45, 7) is 2.79. The van der Waals surface area contributed by atoms with Crippen LogP contribution in [0, 0.1) is 0 Å². The molecule has 0 aliphatic carbocycles. The third kappa shape index (κ3) is 3.90. The Morgan fingerprint density at radius 3 is 2.81 bits per heavy atom. The first-order chi connectivity index (χ1) is 12.7. The molecule has 1 aliphatic rings. The molecule has 2 aromatic rings. The molecular weight excluding hydrogens is 348 g/mol. The summed E-state index contributed by atoms with van der Waals surface area (Å²) in [6.07, 6.45) is 0.937. The molecule has 5 nitrogen and oxygen atoms in total. The molecular formula is C20H24N2O3S. The Labute approximate surface area is 158 Å². The summed E-state index contributed by atoms with van der Waals surface area (Å²) in [4.78, 5) is 14.7. The number of hydrogen-bond donors (Lipinski definition) is 1. The molecule has 0 radical (unpaired) electrons. The second kappa shape index (κ2) is 8.36. The van der Waals surface area contributed by atoms with Crippen LogP contribution in [0.1, 0.15) is 23.4 Å². The van der Waals surface area contributed by atoms with Crippen molar-refractivity contribution in [1.29, 1.82) is 0 Å². The first-order valence-corrected chi connectivity index (χ1v) is 9.71. The fraction of sp³-hybridized carbons (Fsp3) is 0.350. The summed E-state index contributed by atoms with van der Waals surface area (Å²) in [7, 11) is 3.28. The summed E-state index contributed by atoms with van der Waals surface area (Å²) in [5.74, 6) is 2.40. The summed E-state index contributed by atoms with van der Waals surface area (Å²) in [5, 5.41) is 2.92. The lowest BCUT2D eigenvalue weighted by Crippen LogP contribution is -2.34. The van der Waals surface area contributed by atoms with Gasteiger partial charge in [0.05, 0.1) is 14.2 Å². The van der Waals surface area contributed by atoms with Gasteiger partial charge in [-0.3, -0.25) is 0 Å². The smallest absolute Gasteiger partial charge is 0.323 e. The van der Waals surface area contributed by atoms with Crippen molar-refractivity contribution >= 4 is 23.5 Å². The number of carbonyl (C=O) groups excluding carboxylic acids is 1. The quantitative estimate of drug-likeness (QED) is 0.837. The highest BCUT2D eigenvalue weighted by Crippen LogP contribution is 2.43. The van der Waals surface area contributed by atoms with E-state index < -0.39 is 0 Å². The van der Waals surface area contributed by atoms with Crippen molar-refractivity contribution in [3.05, 3.63) is 53.6 Å². The van der Waals surface area contributed by atoms with Gasteiger partial charge >= 0.3 is 6.03 Å². The Bertz CT molecular complexity index is 781. The molecule has 6 heteroatoms. The number of ether oxygens (including phenoxy) is 2. The number of aryl methyl sites for hydroxylation is 1. The monoisotopic (exact) mass is 372 g/mol. The lowest BCUT2D eigenvalue weighted by atomic mass is 10.1. The molecule has 0 spiro atoms. The minimum atomic E-state index is -0.102. The molecule has 0 aromatic heterocycles. The lowest BCUT2D eigenvalue weighted by molar-refractivity contribution is 0.213. The van der Waals surface area contributed by atoms with Crippen LogP contribution in [-0.4, -0.2) is 37.4 Å². The molecule has 0 saturated carbocycles. The maximum Gasteiger partial charge on any atom is 0.323 e. The van der Waals surface area contributed by atoms with E-state index in [1.807, 2.05) is 41.3 Å². The molecule has 2 aromatic carbocycles. The predicted molar refractivity (Wildman–Crippen MR) is 106 cm³/mol. The summed E-state index contributed by atoms with van der Waals surface area (Å²) in [6, 6.07) is 13.6. The van der Waals surface area contributed by atoms with E-state index in [2.05, 4.69) is 18.3 Å². The van der Waals surface area contributed by atoms with Crippen LogP contribution in [0.4, 0.5) is 10.5 Å². The van der Waals surface area contributed by atoms with Crippen LogP contribution in [0.15, 0.2) is 42.5 Å². The molecule has 3 rings (SSSR count). The van der Waals surface area contributed by atoms with E-state index in [9.17, 15) is 4.79 Å². The molecule has 1 fully saturated rings. The highest BCUT2D eigenvalue weighted by molar-refractivity contribution is 7.99. The topological polar surface area (TPSA) is 50.8 Å². The number of amides is 2. The Balaban J connectivity index is 1.82. The van der Waals surface area contributed by atoms with Crippen molar-refractivity contribution in [2.45, 2.75) is 18.7 Å². The van der Waals surface area contributed by atoms with Gasteiger partial charge in [0.25, 0.3) is 0 Å². The van der Waals surface area contributed by atoms with Gasteiger partial charge in [0, 0.05) is 23.5 Å². The third-order valence-electron chi connectivity index (χ3n) is 4.44. The summed E-state index contributed by atoms with van der Waals surface area (Å²) >= 11 is 1.73. The molecule has 138 valence electrons. The van der Waals surface area contributed by atoms with E-state index in [-0.39, 0.29) is 11.4 Å². The van der Waals surface area contributed by atoms with Crippen molar-refractivity contribution in [3.63, 3.8) is 0 Å². The normalized spacial score (nSPS) is 16.4. The average molecular weight is 372 g/mol. The Kier molecular flexibility index (Phi) is 5.93. The molecule has 1 atom stereocenters. The summed E-state index contributed by atoms with van der Waals surface area (Å²) in [5.41, 5.74) is 2.97. The molecule has 1 heterocycles. The SMILES string of the molecule is CCc1cccc(NC(=O)N2CCSC2c2cc(OC)ccc2OC)c1. The Morgan fingerprint density at radius 1 is 1.23 bits per heavy atom. The zero-order chi connectivity index (χ0) is 18.5. The van der Waals surface area contributed by atoms with Crippen LogP contribution in [0.5, 0.6) is 11.5 Å². The zero-order valence-electron chi connectivity index (χ0n) is 15.3. The van der Waals surface area contributed by atoms with Crippen molar-refractivity contribution in [3.8, 4) is 11.5 Å². The third-order valence-corrected chi connectivity index (χ3v) is 5.68. The fourth-order valence-corrected chi connectivity index (χ4v) is 4.30. The van der Waals surface area contributed by atoms with E-state index in [0.717, 1.165) is 34.9 Å². The van der Waals surface area contributed by atoms with Crippen molar-refractivity contribution in [1.82, 2.24) is 4.90 Å². The average Bonchev–Trinajstić information content (AvgIpc) is 3.17. The van der Waals surface area contributed by atoms with Gasteiger partial charge in [-0.25, -0.2) is 4.79 Å². The number of thioether (sulfide) groups is 1. The van der Waals surface area contributed by atoms with Gasteiger partial charge in [-0.15, -0.1) is 11.8 Å². The van der Waals surface area contributed by atoms with E-state index in [0.29, 0.717) is 6.54 Å². The standard InChI is InChI=1S/C20H24N2O3S/c1-4-14-6-5-7-15(12-14)21-20(23)22-10-11-26-19(22)17-13-16(24-2)8-9-18(17)25-3/h5-9,12-13,19H,4,10-11H2,1-3H3,(H,21,23).